The van der Waals surface area contributed by atoms with Crippen LogP contribution >= 0.6 is 0 Å². The van der Waals surface area contributed by atoms with Gasteiger partial charge in [0.15, 0.2) is 0 Å². The van der Waals surface area contributed by atoms with Gasteiger partial charge in [0.25, 0.3) is 0 Å². The van der Waals surface area contributed by atoms with E-state index in [4.69, 9.17) is 0 Å². The van der Waals surface area contributed by atoms with Gasteiger partial charge < -0.3 is 9.50 Å². The van der Waals surface area contributed by atoms with Gasteiger partial charge in [-0.05, 0) is 18.9 Å². The summed E-state index contributed by atoms with van der Waals surface area (Å²) in [5.74, 6) is -0.244. The summed E-state index contributed by atoms with van der Waals surface area (Å²) in [6.07, 6.45) is 2.31. The second kappa shape index (κ2) is 4.94. The molecule has 1 amide bonds. The molecule has 1 aliphatic rings. The molecule has 1 unspecified atom stereocenters. The molecule has 0 heterocycles. The van der Waals surface area contributed by atoms with Crippen LogP contribution in [0.3, 0.4) is 0 Å². The third-order valence-electron chi connectivity index (χ3n) is 2.17. The first kappa shape index (κ1) is 13.8. The molecule has 1 N–H and O–H groups in total. The minimum absolute atomic E-state index is 0.0286. The highest BCUT2D eigenvalue weighted by Crippen LogP contribution is 2.29. The van der Waals surface area contributed by atoms with Gasteiger partial charge >= 0.3 is 15.6 Å². The number of nitrogens with one attached hydrogen (secondary N) is 1. The quantitative estimate of drug-likeness (QED) is 0.472. The maximum atomic E-state index is 12.0. The maximum Gasteiger partial charge on any atom is 0.534 e. The molecule has 0 spiro atoms. The van der Waals surface area contributed by atoms with Crippen molar-refractivity contribution in [1.82, 2.24) is 5.32 Å². The van der Waals surface area contributed by atoms with Gasteiger partial charge in [-0.3, -0.25) is 4.79 Å². The lowest BCUT2D eigenvalue weighted by Gasteiger charge is -2.21. The van der Waals surface area contributed by atoms with E-state index in [0.717, 1.165) is 0 Å². The van der Waals surface area contributed by atoms with Gasteiger partial charge in [0, 0.05) is 12.5 Å². The summed E-state index contributed by atoms with van der Waals surface area (Å²) in [5.41, 5.74) is -5.42. The molecule has 98 valence electrons. The molecule has 0 aromatic heterocycles. The maximum absolute atomic E-state index is 12.0. The van der Waals surface area contributed by atoms with Crippen LogP contribution in [0.15, 0.2) is 11.8 Å². The Hall–Kier alpha value is -1.25. The SMILES string of the molecule is O=CNC1CC=C(OS(=O)(=O)C(F)(F)F)CC1. The molecule has 0 bridgehead atoms. The van der Waals surface area contributed by atoms with Gasteiger partial charge in [-0.25, -0.2) is 0 Å². The van der Waals surface area contributed by atoms with Crippen LogP contribution in [0.25, 0.3) is 0 Å². The van der Waals surface area contributed by atoms with Crippen molar-refractivity contribution in [2.24, 2.45) is 0 Å². The molecule has 0 aliphatic heterocycles. The average Bonchev–Trinajstić information content (AvgIpc) is 2.19. The number of halogens is 3. The van der Waals surface area contributed by atoms with E-state index in [0.29, 0.717) is 12.8 Å². The van der Waals surface area contributed by atoms with Crippen molar-refractivity contribution in [2.45, 2.75) is 30.8 Å². The Morgan fingerprint density at radius 1 is 1.47 bits per heavy atom. The van der Waals surface area contributed by atoms with Crippen LogP contribution in [-0.2, 0) is 19.1 Å². The van der Waals surface area contributed by atoms with Crippen molar-refractivity contribution in [3.05, 3.63) is 11.8 Å². The molecule has 17 heavy (non-hydrogen) atoms. The van der Waals surface area contributed by atoms with E-state index in [1.807, 2.05) is 0 Å². The number of hydrogen-bond donors (Lipinski definition) is 1. The predicted molar refractivity (Wildman–Crippen MR) is 51.0 cm³/mol. The van der Waals surface area contributed by atoms with Crippen molar-refractivity contribution in [1.29, 1.82) is 0 Å². The number of allylic oxidation sites excluding steroid dienone is 1. The highest BCUT2D eigenvalue weighted by Gasteiger charge is 2.48. The Morgan fingerprint density at radius 3 is 2.53 bits per heavy atom. The molecule has 0 aromatic carbocycles. The minimum Gasteiger partial charge on any atom is -0.381 e. The standard InChI is InChI=1S/C8H10F3NO4S/c9-8(10,11)17(14,15)16-7-3-1-6(2-4-7)12-5-13/h3,5-6H,1-2,4H2,(H,12,13). The number of hydrogen-bond acceptors (Lipinski definition) is 4. The smallest absolute Gasteiger partial charge is 0.381 e. The van der Waals surface area contributed by atoms with Crippen molar-refractivity contribution < 1.29 is 30.6 Å². The summed E-state index contributed by atoms with van der Waals surface area (Å²) < 4.78 is 61.3. The van der Waals surface area contributed by atoms with Gasteiger partial charge in [0.2, 0.25) is 6.41 Å². The van der Waals surface area contributed by atoms with Crippen molar-refractivity contribution in [2.75, 3.05) is 0 Å². The Kier molecular flexibility index (Phi) is 4.02. The second-order valence-corrected chi connectivity index (χ2v) is 4.95. The van der Waals surface area contributed by atoms with Gasteiger partial charge in [0.05, 0.1) is 0 Å². The zero-order valence-corrected chi connectivity index (χ0v) is 9.35. The molecule has 1 aliphatic carbocycles. The number of alkyl halides is 3. The minimum atomic E-state index is -5.59. The Balaban J connectivity index is 2.64. The first-order valence-corrected chi connectivity index (χ1v) is 6.06. The summed E-state index contributed by atoms with van der Waals surface area (Å²) >= 11 is 0. The topological polar surface area (TPSA) is 72.5 Å². The van der Waals surface area contributed by atoms with Gasteiger partial charge in [-0.15, -0.1) is 0 Å². The van der Waals surface area contributed by atoms with Crippen molar-refractivity contribution >= 4 is 16.5 Å². The van der Waals surface area contributed by atoms with E-state index < -0.39 is 15.6 Å². The van der Waals surface area contributed by atoms with Crippen LogP contribution < -0.4 is 5.32 Å². The lowest BCUT2D eigenvalue weighted by molar-refractivity contribution is -0.110. The molecule has 0 saturated carbocycles. The molecule has 5 nitrogen and oxygen atoms in total. The van der Waals surface area contributed by atoms with Crippen LogP contribution in [-0.4, -0.2) is 26.4 Å². The first-order valence-electron chi connectivity index (χ1n) is 4.66. The Morgan fingerprint density at radius 2 is 2.12 bits per heavy atom. The zero-order valence-electron chi connectivity index (χ0n) is 8.53. The van der Waals surface area contributed by atoms with Crippen LogP contribution in [0.4, 0.5) is 13.2 Å². The van der Waals surface area contributed by atoms with E-state index in [-0.39, 0.29) is 24.6 Å². The average molecular weight is 273 g/mol. The highest BCUT2D eigenvalue weighted by molar-refractivity contribution is 7.87. The normalized spacial score (nSPS) is 21.6. The number of rotatable bonds is 4. The number of amides is 1. The third-order valence-corrected chi connectivity index (χ3v) is 3.17. The van der Waals surface area contributed by atoms with Gasteiger partial charge in [0.1, 0.15) is 5.76 Å². The molecule has 0 fully saturated rings. The fourth-order valence-electron chi connectivity index (χ4n) is 1.32. The lowest BCUT2D eigenvalue weighted by Crippen LogP contribution is -2.31. The van der Waals surface area contributed by atoms with E-state index >= 15 is 0 Å². The highest BCUT2D eigenvalue weighted by atomic mass is 32.2. The fraction of sp³-hybridized carbons (Fsp3) is 0.625. The van der Waals surface area contributed by atoms with E-state index in [1.165, 1.54) is 6.08 Å². The number of carbonyl (C=O) groups excluding carboxylic acids is 1. The van der Waals surface area contributed by atoms with Crippen molar-refractivity contribution in [3.8, 4) is 0 Å². The molecule has 0 saturated heterocycles. The molecular formula is C8H10F3NO4S. The van der Waals surface area contributed by atoms with Crippen LogP contribution in [0.1, 0.15) is 19.3 Å². The monoisotopic (exact) mass is 273 g/mol. The molecule has 1 atom stereocenters. The summed E-state index contributed by atoms with van der Waals surface area (Å²) in [4.78, 5) is 10.1. The van der Waals surface area contributed by atoms with Crippen LogP contribution in [0.2, 0.25) is 0 Å². The van der Waals surface area contributed by atoms with E-state index in [2.05, 4.69) is 9.50 Å². The summed E-state index contributed by atoms with van der Waals surface area (Å²) in [6, 6.07) is -0.201. The summed E-state index contributed by atoms with van der Waals surface area (Å²) in [6.45, 7) is 0. The molecule has 9 heteroatoms. The van der Waals surface area contributed by atoms with Crippen LogP contribution in [0, 0.1) is 0 Å². The third kappa shape index (κ3) is 3.62. The van der Waals surface area contributed by atoms with Crippen LogP contribution in [0.5, 0.6) is 0 Å². The van der Waals surface area contributed by atoms with E-state index in [9.17, 15) is 26.4 Å². The first-order chi connectivity index (χ1) is 7.76. The lowest BCUT2D eigenvalue weighted by atomic mass is 10.0. The van der Waals surface area contributed by atoms with Gasteiger partial charge in [-0.2, -0.15) is 21.6 Å². The zero-order chi connectivity index (χ0) is 13.1. The number of carbonyl (C=O) groups is 1. The van der Waals surface area contributed by atoms with E-state index in [1.54, 1.807) is 0 Å². The molecule has 1 rings (SSSR count). The van der Waals surface area contributed by atoms with Crippen molar-refractivity contribution in [3.63, 3.8) is 0 Å². The molecular weight excluding hydrogens is 263 g/mol. The fourth-order valence-corrected chi connectivity index (χ4v) is 1.85. The molecule has 0 aromatic rings. The predicted octanol–water partition coefficient (Wildman–Crippen LogP) is 1.03. The second-order valence-electron chi connectivity index (χ2n) is 3.41. The van der Waals surface area contributed by atoms with Gasteiger partial charge in [-0.1, -0.05) is 0 Å². The Bertz CT molecular complexity index is 415. The Labute approximate surface area is 95.8 Å². The largest absolute Gasteiger partial charge is 0.534 e. The summed E-state index contributed by atoms with van der Waals surface area (Å²) in [5, 5.41) is 2.45. The molecule has 0 radical (unpaired) electrons. The summed E-state index contributed by atoms with van der Waals surface area (Å²) in [7, 11) is -5.59.